The molecule has 12 heteroatoms. The first-order valence-electron chi connectivity index (χ1n) is 13.9. The lowest BCUT2D eigenvalue weighted by Gasteiger charge is -2.36. The van der Waals surface area contributed by atoms with Crippen LogP contribution in [0.3, 0.4) is 0 Å². The Hall–Kier alpha value is -4.42. The van der Waals surface area contributed by atoms with Crippen molar-refractivity contribution >= 4 is 5.91 Å². The molecule has 1 amide bonds. The van der Waals surface area contributed by atoms with Crippen LogP contribution >= 0.6 is 0 Å². The Balaban J connectivity index is 1.38. The van der Waals surface area contributed by atoms with Crippen LogP contribution in [0, 0.1) is 12.7 Å². The lowest BCUT2D eigenvalue weighted by Crippen LogP contribution is -2.43. The van der Waals surface area contributed by atoms with Crippen LogP contribution in [-0.2, 0) is 34.6 Å². The van der Waals surface area contributed by atoms with Crippen molar-refractivity contribution in [1.29, 1.82) is 0 Å². The van der Waals surface area contributed by atoms with E-state index in [1.54, 1.807) is 23.8 Å². The van der Waals surface area contributed by atoms with Crippen molar-refractivity contribution in [3.63, 3.8) is 0 Å². The summed E-state index contributed by atoms with van der Waals surface area (Å²) in [6.45, 7) is 3.93. The minimum Gasteiger partial charge on any atom is -0.481 e. The van der Waals surface area contributed by atoms with E-state index in [1.165, 1.54) is 16.8 Å². The summed E-state index contributed by atoms with van der Waals surface area (Å²) >= 11 is 0. The number of ether oxygens (including phenoxy) is 3. The number of hydrogen-bond donors (Lipinski definition) is 1. The van der Waals surface area contributed by atoms with Gasteiger partial charge in [0.25, 0.3) is 11.5 Å². The fourth-order valence-corrected chi connectivity index (χ4v) is 5.45. The standard InChI is InChI=1S/C30H31FN6O5/c1-20-16-33-35-37(20)24-15-23(31)8-7-22(24)17-32-27(38)25-26(42-18-21-5-3-2-4-6-21)28(39)36-11-14-41-19-30(29(36)34-25)9-12-40-13-10-30/h2-8,15-16H,9-14,17-19H2,1H3,(H,32,38). The molecule has 0 atom stereocenters. The van der Waals surface area contributed by atoms with E-state index in [-0.39, 0.29) is 24.6 Å². The number of benzene rings is 2. The molecule has 1 spiro atoms. The number of hydrogen-bond acceptors (Lipinski definition) is 8. The Kier molecular flexibility index (Phi) is 7.81. The van der Waals surface area contributed by atoms with E-state index in [4.69, 9.17) is 19.2 Å². The van der Waals surface area contributed by atoms with Gasteiger partial charge in [-0.2, -0.15) is 0 Å². The number of carbonyl (C=O) groups is 1. The van der Waals surface area contributed by atoms with Gasteiger partial charge >= 0.3 is 0 Å². The fraction of sp³-hybridized carbons (Fsp3) is 0.367. The molecule has 218 valence electrons. The number of halogens is 1. The summed E-state index contributed by atoms with van der Waals surface area (Å²) in [5.41, 5.74) is 1.50. The number of carbonyl (C=O) groups excluding carboxylic acids is 1. The van der Waals surface area contributed by atoms with Crippen molar-refractivity contribution in [2.75, 3.05) is 26.4 Å². The van der Waals surface area contributed by atoms with Crippen LogP contribution < -0.4 is 15.6 Å². The van der Waals surface area contributed by atoms with Gasteiger partial charge in [0, 0.05) is 19.8 Å². The summed E-state index contributed by atoms with van der Waals surface area (Å²) in [6, 6.07) is 13.6. The average molecular weight is 575 g/mol. The monoisotopic (exact) mass is 574 g/mol. The van der Waals surface area contributed by atoms with Gasteiger partial charge in [-0.3, -0.25) is 14.2 Å². The maximum Gasteiger partial charge on any atom is 0.296 e. The van der Waals surface area contributed by atoms with E-state index < -0.39 is 22.7 Å². The first-order valence-corrected chi connectivity index (χ1v) is 13.9. The van der Waals surface area contributed by atoms with E-state index in [1.807, 2.05) is 30.3 Å². The maximum absolute atomic E-state index is 14.2. The zero-order chi connectivity index (χ0) is 29.1. The van der Waals surface area contributed by atoms with Crippen LogP contribution in [0.15, 0.2) is 59.5 Å². The van der Waals surface area contributed by atoms with Gasteiger partial charge in [-0.05, 0) is 43.0 Å². The topological polar surface area (TPSA) is 122 Å². The summed E-state index contributed by atoms with van der Waals surface area (Å²) < 4.78 is 34.8. The summed E-state index contributed by atoms with van der Waals surface area (Å²) in [7, 11) is 0. The Morgan fingerprint density at radius 2 is 1.93 bits per heavy atom. The van der Waals surface area contributed by atoms with E-state index in [0.29, 0.717) is 68.6 Å². The predicted octanol–water partition coefficient (Wildman–Crippen LogP) is 2.86. The summed E-state index contributed by atoms with van der Waals surface area (Å²) in [5, 5.41) is 10.8. The molecule has 42 heavy (non-hydrogen) atoms. The molecule has 0 saturated carbocycles. The van der Waals surface area contributed by atoms with E-state index >= 15 is 0 Å². The van der Waals surface area contributed by atoms with Gasteiger partial charge < -0.3 is 19.5 Å². The third-order valence-electron chi connectivity index (χ3n) is 7.77. The fourth-order valence-electron chi connectivity index (χ4n) is 5.45. The third kappa shape index (κ3) is 5.42. The van der Waals surface area contributed by atoms with Gasteiger partial charge in [-0.25, -0.2) is 14.1 Å². The second-order valence-electron chi connectivity index (χ2n) is 10.5. The molecule has 0 bridgehead atoms. The Morgan fingerprint density at radius 1 is 1.12 bits per heavy atom. The molecular formula is C30H31FN6O5. The predicted molar refractivity (Wildman–Crippen MR) is 149 cm³/mol. The highest BCUT2D eigenvalue weighted by atomic mass is 19.1. The number of aryl methyl sites for hydroxylation is 1. The Bertz CT molecular complexity index is 1650. The first-order chi connectivity index (χ1) is 20.4. The highest BCUT2D eigenvalue weighted by Gasteiger charge is 2.42. The van der Waals surface area contributed by atoms with Crippen molar-refractivity contribution in [2.24, 2.45) is 0 Å². The smallest absolute Gasteiger partial charge is 0.296 e. The highest BCUT2D eigenvalue weighted by molar-refractivity contribution is 5.94. The minimum atomic E-state index is -0.587. The van der Waals surface area contributed by atoms with Gasteiger partial charge in [-0.1, -0.05) is 41.6 Å². The molecule has 2 aliphatic rings. The van der Waals surface area contributed by atoms with Crippen LogP contribution in [-0.4, -0.2) is 56.9 Å². The minimum absolute atomic E-state index is 0.0219. The van der Waals surface area contributed by atoms with Crippen LogP contribution in [0.5, 0.6) is 5.75 Å². The molecule has 0 aliphatic carbocycles. The lowest BCUT2D eigenvalue weighted by molar-refractivity contribution is 0.00412. The van der Waals surface area contributed by atoms with Crippen molar-refractivity contribution in [3.8, 4) is 11.4 Å². The summed E-state index contributed by atoms with van der Waals surface area (Å²) in [4.78, 5) is 32.6. The second kappa shape index (κ2) is 11.8. The maximum atomic E-state index is 14.2. The van der Waals surface area contributed by atoms with Gasteiger partial charge in [-0.15, -0.1) is 5.10 Å². The largest absolute Gasteiger partial charge is 0.481 e. The van der Waals surface area contributed by atoms with Gasteiger partial charge in [0.05, 0.1) is 42.8 Å². The Labute approximate surface area is 241 Å². The SMILES string of the molecule is Cc1cnnn1-c1cc(F)ccc1CNC(=O)c1nc2n(c(=O)c1OCc1ccccc1)CCOCC21CCOCC1. The van der Waals surface area contributed by atoms with Crippen LogP contribution in [0.2, 0.25) is 0 Å². The number of fused-ring (bicyclic) bond motifs is 2. The first kappa shape index (κ1) is 27.7. The molecule has 2 aromatic carbocycles. The van der Waals surface area contributed by atoms with Crippen LogP contribution in [0.25, 0.3) is 5.69 Å². The zero-order valence-corrected chi connectivity index (χ0v) is 23.2. The molecule has 4 heterocycles. The molecule has 0 radical (unpaired) electrons. The molecule has 2 aliphatic heterocycles. The molecular weight excluding hydrogens is 543 g/mol. The van der Waals surface area contributed by atoms with Crippen molar-refractivity contribution in [3.05, 3.63) is 99.2 Å². The molecule has 1 saturated heterocycles. The van der Waals surface area contributed by atoms with Gasteiger partial charge in [0.15, 0.2) is 5.69 Å². The third-order valence-corrected chi connectivity index (χ3v) is 7.77. The number of nitrogens with one attached hydrogen (secondary N) is 1. The molecule has 2 aromatic heterocycles. The number of aromatic nitrogens is 5. The quantitative estimate of drug-likeness (QED) is 0.358. The number of nitrogens with zero attached hydrogens (tertiary/aromatic N) is 5. The molecule has 11 nitrogen and oxygen atoms in total. The van der Waals surface area contributed by atoms with Crippen molar-refractivity contribution in [1.82, 2.24) is 29.9 Å². The zero-order valence-electron chi connectivity index (χ0n) is 23.2. The van der Waals surface area contributed by atoms with Crippen molar-refractivity contribution < 1.29 is 23.4 Å². The van der Waals surface area contributed by atoms with Crippen LogP contribution in [0.4, 0.5) is 4.39 Å². The highest BCUT2D eigenvalue weighted by Crippen LogP contribution is 2.36. The lowest BCUT2D eigenvalue weighted by atomic mass is 9.80. The molecule has 1 N–H and O–H groups in total. The van der Waals surface area contributed by atoms with E-state index in [2.05, 4.69) is 15.6 Å². The van der Waals surface area contributed by atoms with E-state index in [9.17, 15) is 14.0 Å². The average Bonchev–Trinajstić information content (AvgIpc) is 3.36. The number of amides is 1. The summed E-state index contributed by atoms with van der Waals surface area (Å²) in [6.07, 6.45) is 2.79. The normalized spacial score (nSPS) is 16.0. The number of rotatable bonds is 7. The van der Waals surface area contributed by atoms with E-state index in [0.717, 1.165) is 5.56 Å². The van der Waals surface area contributed by atoms with Crippen molar-refractivity contribution in [2.45, 2.75) is 44.9 Å². The van der Waals surface area contributed by atoms with Gasteiger partial charge in [0.1, 0.15) is 18.2 Å². The Morgan fingerprint density at radius 3 is 2.69 bits per heavy atom. The van der Waals surface area contributed by atoms with Gasteiger partial charge in [0.2, 0.25) is 5.75 Å². The molecule has 4 aromatic rings. The second-order valence-corrected chi connectivity index (χ2v) is 10.5. The molecule has 6 rings (SSSR count). The molecule has 1 fully saturated rings. The summed E-state index contributed by atoms with van der Waals surface area (Å²) in [5.74, 6) is -0.658. The molecule has 0 unspecified atom stereocenters. The van der Waals surface area contributed by atoms with Crippen LogP contribution in [0.1, 0.15) is 46.0 Å².